The first kappa shape index (κ1) is 13.5. The number of ether oxygens (including phenoxy) is 1. The van der Waals surface area contributed by atoms with Gasteiger partial charge in [0.1, 0.15) is 12.0 Å². The SMILES string of the molecule is CCCOc1ncnc(NC(C)CCO)c1N. The second-order valence-electron chi connectivity index (χ2n) is 3.85. The Labute approximate surface area is 101 Å². The van der Waals surface area contributed by atoms with Crippen LogP contribution in [-0.2, 0) is 0 Å². The largest absolute Gasteiger partial charge is 0.476 e. The Morgan fingerprint density at radius 3 is 2.94 bits per heavy atom. The molecule has 1 atom stereocenters. The summed E-state index contributed by atoms with van der Waals surface area (Å²) in [6.45, 7) is 4.66. The molecule has 17 heavy (non-hydrogen) atoms. The van der Waals surface area contributed by atoms with E-state index in [1.54, 1.807) is 0 Å². The summed E-state index contributed by atoms with van der Waals surface area (Å²) in [6.07, 6.45) is 2.94. The maximum atomic E-state index is 8.83. The second kappa shape index (κ2) is 6.90. The second-order valence-corrected chi connectivity index (χ2v) is 3.85. The molecule has 6 nitrogen and oxygen atoms in total. The molecule has 1 aromatic rings. The van der Waals surface area contributed by atoms with E-state index in [1.165, 1.54) is 6.33 Å². The monoisotopic (exact) mass is 240 g/mol. The van der Waals surface area contributed by atoms with Crippen molar-refractivity contribution < 1.29 is 9.84 Å². The number of hydrogen-bond donors (Lipinski definition) is 3. The van der Waals surface area contributed by atoms with E-state index in [9.17, 15) is 0 Å². The first-order chi connectivity index (χ1) is 8.19. The van der Waals surface area contributed by atoms with Crippen molar-refractivity contribution in [2.75, 3.05) is 24.3 Å². The van der Waals surface area contributed by atoms with E-state index in [1.807, 2.05) is 13.8 Å². The Kier molecular flexibility index (Phi) is 5.48. The maximum Gasteiger partial charge on any atom is 0.242 e. The number of anilines is 2. The van der Waals surface area contributed by atoms with Gasteiger partial charge in [-0.25, -0.2) is 4.98 Å². The van der Waals surface area contributed by atoms with E-state index < -0.39 is 0 Å². The molecule has 96 valence electrons. The van der Waals surface area contributed by atoms with Crippen molar-refractivity contribution in [3.8, 4) is 5.88 Å². The van der Waals surface area contributed by atoms with E-state index in [4.69, 9.17) is 15.6 Å². The topological polar surface area (TPSA) is 93.3 Å². The zero-order chi connectivity index (χ0) is 12.7. The number of nitrogens with one attached hydrogen (secondary N) is 1. The van der Waals surface area contributed by atoms with Gasteiger partial charge >= 0.3 is 0 Å². The van der Waals surface area contributed by atoms with Crippen molar-refractivity contribution in [3.05, 3.63) is 6.33 Å². The highest BCUT2D eigenvalue weighted by atomic mass is 16.5. The molecule has 0 saturated heterocycles. The molecular weight excluding hydrogens is 220 g/mol. The zero-order valence-corrected chi connectivity index (χ0v) is 10.3. The van der Waals surface area contributed by atoms with Crippen LogP contribution in [0.4, 0.5) is 11.5 Å². The van der Waals surface area contributed by atoms with Crippen molar-refractivity contribution in [1.82, 2.24) is 9.97 Å². The van der Waals surface area contributed by atoms with Gasteiger partial charge in [-0.3, -0.25) is 0 Å². The van der Waals surface area contributed by atoms with E-state index in [2.05, 4.69) is 15.3 Å². The smallest absolute Gasteiger partial charge is 0.242 e. The van der Waals surface area contributed by atoms with Gasteiger partial charge in [0.2, 0.25) is 5.88 Å². The Morgan fingerprint density at radius 1 is 1.53 bits per heavy atom. The van der Waals surface area contributed by atoms with Crippen molar-refractivity contribution in [3.63, 3.8) is 0 Å². The van der Waals surface area contributed by atoms with Crippen LogP contribution in [0.25, 0.3) is 0 Å². The molecule has 0 aliphatic carbocycles. The molecule has 1 aromatic heterocycles. The molecule has 4 N–H and O–H groups in total. The lowest BCUT2D eigenvalue weighted by molar-refractivity contribution is 0.282. The summed E-state index contributed by atoms with van der Waals surface area (Å²) >= 11 is 0. The number of nitrogens with two attached hydrogens (primary N) is 1. The fraction of sp³-hybridized carbons (Fsp3) is 0.636. The molecule has 0 aliphatic rings. The molecule has 0 fully saturated rings. The fourth-order valence-corrected chi connectivity index (χ4v) is 1.31. The minimum absolute atomic E-state index is 0.0937. The Bertz CT molecular complexity index is 346. The summed E-state index contributed by atoms with van der Waals surface area (Å²) in [5.74, 6) is 0.951. The molecule has 6 heteroatoms. The highest BCUT2D eigenvalue weighted by molar-refractivity contribution is 5.66. The van der Waals surface area contributed by atoms with Crippen molar-refractivity contribution in [2.24, 2.45) is 0 Å². The Hall–Kier alpha value is -1.56. The summed E-state index contributed by atoms with van der Waals surface area (Å²) < 4.78 is 5.40. The predicted octanol–water partition coefficient (Wildman–Crippen LogP) is 1.03. The summed E-state index contributed by atoms with van der Waals surface area (Å²) in [5.41, 5.74) is 6.30. The fourth-order valence-electron chi connectivity index (χ4n) is 1.31. The Morgan fingerprint density at radius 2 is 2.29 bits per heavy atom. The van der Waals surface area contributed by atoms with E-state index >= 15 is 0 Å². The molecule has 0 aromatic carbocycles. The third-order valence-electron chi connectivity index (χ3n) is 2.24. The van der Waals surface area contributed by atoms with Crippen LogP contribution in [0.2, 0.25) is 0 Å². The molecular formula is C11H20N4O2. The van der Waals surface area contributed by atoms with E-state index in [-0.39, 0.29) is 12.6 Å². The van der Waals surface area contributed by atoms with Gasteiger partial charge in [0.15, 0.2) is 5.82 Å². The highest BCUT2D eigenvalue weighted by Gasteiger charge is 2.11. The predicted molar refractivity (Wildman–Crippen MR) is 67.0 cm³/mol. The normalized spacial score (nSPS) is 12.2. The molecule has 0 saturated carbocycles. The number of nitrogens with zero attached hydrogens (tertiary/aromatic N) is 2. The zero-order valence-electron chi connectivity index (χ0n) is 10.3. The van der Waals surface area contributed by atoms with Crippen LogP contribution in [0.1, 0.15) is 26.7 Å². The standard InChI is InChI=1S/C11H20N4O2/c1-3-6-17-11-9(12)10(13-7-14-11)15-8(2)4-5-16/h7-8,16H,3-6,12H2,1-2H3,(H,13,14,15). The van der Waals surface area contributed by atoms with E-state index in [0.717, 1.165) is 6.42 Å². The van der Waals surface area contributed by atoms with Gasteiger partial charge in [0.25, 0.3) is 0 Å². The highest BCUT2D eigenvalue weighted by Crippen LogP contribution is 2.25. The molecule has 0 spiro atoms. The number of nitrogen functional groups attached to an aromatic ring is 1. The first-order valence-electron chi connectivity index (χ1n) is 5.79. The number of aliphatic hydroxyl groups is 1. The van der Waals surface area contributed by atoms with E-state index in [0.29, 0.717) is 30.4 Å². The number of hydrogen-bond acceptors (Lipinski definition) is 6. The molecule has 0 radical (unpaired) electrons. The van der Waals surface area contributed by atoms with Gasteiger partial charge in [-0.15, -0.1) is 0 Å². The average molecular weight is 240 g/mol. The molecule has 1 rings (SSSR count). The molecule has 1 heterocycles. The van der Waals surface area contributed by atoms with Crippen LogP contribution >= 0.6 is 0 Å². The minimum atomic E-state index is 0.0937. The lowest BCUT2D eigenvalue weighted by Gasteiger charge is -2.15. The molecule has 0 aliphatic heterocycles. The summed E-state index contributed by atoms with van der Waals surface area (Å²) in [6, 6.07) is 0.0937. The average Bonchev–Trinajstić information content (AvgIpc) is 2.30. The van der Waals surface area contributed by atoms with Crippen molar-refractivity contribution >= 4 is 11.5 Å². The van der Waals surface area contributed by atoms with Crippen molar-refractivity contribution in [1.29, 1.82) is 0 Å². The van der Waals surface area contributed by atoms with Crippen LogP contribution in [0.5, 0.6) is 5.88 Å². The van der Waals surface area contributed by atoms with Gasteiger partial charge in [-0.1, -0.05) is 6.92 Å². The number of aliphatic hydroxyl groups excluding tert-OH is 1. The summed E-state index contributed by atoms with van der Waals surface area (Å²) in [4.78, 5) is 8.04. The number of rotatable bonds is 7. The molecule has 1 unspecified atom stereocenters. The third kappa shape index (κ3) is 4.07. The Balaban J connectivity index is 2.72. The summed E-state index contributed by atoms with van der Waals surface area (Å²) in [7, 11) is 0. The van der Waals surface area contributed by atoms with Gasteiger partial charge in [-0.2, -0.15) is 4.98 Å². The molecule has 0 amide bonds. The number of aromatic nitrogens is 2. The van der Waals surface area contributed by atoms with Crippen LogP contribution in [0, 0.1) is 0 Å². The minimum Gasteiger partial charge on any atom is -0.476 e. The van der Waals surface area contributed by atoms with Gasteiger partial charge in [0, 0.05) is 12.6 Å². The van der Waals surface area contributed by atoms with Crippen LogP contribution in [0.15, 0.2) is 6.33 Å². The van der Waals surface area contributed by atoms with Crippen LogP contribution < -0.4 is 15.8 Å². The third-order valence-corrected chi connectivity index (χ3v) is 2.24. The van der Waals surface area contributed by atoms with Crippen LogP contribution in [0.3, 0.4) is 0 Å². The summed E-state index contributed by atoms with van der Waals surface area (Å²) in [5, 5.41) is 11.9. The van der Waals surface area contributed by atoms with Gasteiger partial charge < -0.3 is 20.9 Å². The van der Waals surface area contributed by atoms with Crippen LogP contribution in [-0.4, -0.2) is 34.3 Å². The van der Waals surface area contributed by atoms with Crippen molar-refractivity contribution in [2.45, 2.75) is 32.7 Å². The lowest BCUT2D eigenvalue weighted by Crippen LogP contribution is -2.19. The lowest BCUT2D eigenvalue weighted by atomic mass is 10.2. The van der Waals surface area contributed by atoms with Gasteiger partial charge in [-0.05, 0) is 19.8 Å². The first-order valence-corrected chi connectivity index (χ1v) is 5.79. The quantitative estimate of drug-likeness (QED) is 0.659. The van der Waals surface area contributed by atoms with Gasteiger partial charge in [0.05, 0.1) is 6.61 Å². The molecule has 0 bridgehead atoms. The maximum absolute atomic E-state index is 8.83.